The SMILES string of the molecule is CC1CC(N)CC(C(=O)NCC2CN(C)CCN2C)C1. The summed E-state index contributed by atoms with van der Waals surface area (Å²) in [4.78, 5) is 17.0. The molecule has 2 aliphatic rings. The largest absolute Gasteiger partial charge is 0.354 e. The van der Waals surface area contributed by atoms with E-state index in [0.717, 1.165) is 45.4 Å². The van der Waals surface area contributed by atoms with Crippen LogP contribution in [0, 0.1) is 11.8 Å². The molecule has 2 fully saturated rings. The molecule has 4 unspecified atom stereocenters. The first kappa shape index (κ1) is 15.7. The number of nitrogens with two attached hydrogens (primary N) is 1. The van der Waals surface area contributed by atoms with Crippen molar-refractivity contribution >= 4 is 5.91 Å². The van der Waals surface area contributed by atoms with Crippen LogP contribution in [0.5, 0.6) is 0 Å². The van der Waals surface area contributed by atoms with Crippen molar-refractivity contribution in [3.63, 3.8) is 0 Å². The number of hydrogen-bond acceptors (Lipinski definition) is 4. The first-order valence-corrected chi connectivity index (χ1v) is 7.87. The van der Waals surface area contributed by atoms with Gasteiger partial charge in [0, 0.05) is 44.2 Å². The Morgan fingerprint density at radius 3 is 2.70 bits per heavy atom. The van der Waals surface area contributed by atoms with Crippen molar-refractivity contribution in [1.29, 1.82) is 0 Å². The van der Waals surface area contributed by atoms with Crippen molar-refractivity contribution < 1.29 is 4.79 Å². The van der Waals surface area contributed by atoms with Gasteiger partial charge in [0.15, 0.2) is 0 Å². The molecule has 0 aromatic carbocycles. The van der Waals surface area contributed by atoms with Gasteiger partial charge >= 0.3 is 0 Å². The van der Waals surface area contributed by atoms with Crippen LogP contribution in [0.25, 0.3) is 0 Å². The summed E-state index contributed by atoms with van der Waals surface area (Å²) in [6, 6.07) is 0.616. The third-order valence-electron chi connectivity index (χ3n) is 4.84. The molecule has 0 radical (unpaired) electrons. The molecule has 2 rings (SSSR count). The zero-order valence-corrected chi connectivity index (χ0v) is 13.1. The van der Waals surface area contributed by atoms with Crippen LogP contribution in [0.3, 0.4) is 0 Å². The van der Waals surface area contributed by atoms with Crippen molar-refractivity contribution in [2.24, 2.45) is 17.6 Å². The number of carbonyl (C=O) groups is 1. The van der Waals surface area contributed by atoms with Crippen molar-refractivity contribution in [3.05, 3.63) is 0 Å². The smallest absolute Gasteiger partial charge is 0.223 e. The van der Waals surface area contributed by atoms with Crippen molar-refractivity contribution in [3.8, 4) is 0 Å². The molecule has 116 valence electrons. The van der Waals surface area contributed by atoms with Gasteiger partial charge in [-0.25, -0.2) is 0 Å². The highest BCUT2D eigenvalue weighted by Gasteiger charge is 2.30. The summed E-state index contributed by atoms with van der Waals surface area (Å²) in [5.74, 6) is 0.881. The Morgan fingerprint density at radius 2 is 2.00 bits per heavy atom. The van der Waals surface area contributed by atoms with Crippen LogP contribution in [-0.4, -0.2) is 68.1 Å². The van der Waals surface area contributed by atoms with Crippen molar-refractivity contribution in [1.82, 2.24) is 15.1 Å². The van der Waals surface area contributed by atoms with E-state index in [9.17, 15) is 4.79 Å². The summed E-state index contributed by atoms with van der Waals surface area (Å²) in [6.07, 6.45) is 2.89. The molecule has 0 aromatic rings. The van der Waals surface area contributed by atoms with E-state index in [1.54, 1.807) is 0 Å². The maximum absolute atomic E-state index is 12.3. The highest BCUT2D eigenvalue weighted by atomic mass is 16.1. The van der Waals surface area contributed by atoms with Gasteiger partial charge < -0.3 is 16.0 Å². The van der Waals surface area contributed by atoms with Crippen molar-refractivity contribution in [2.75, 3.05) is 40.3 Å². The summed E-state index contributed by atoms with van der Waals surface area (Å²) in [7, 11) is 4.28. The lowest BCUT2D eigenvalue weighted by atomic mass is 9.79. The molecule has 1 aliphatic heterocycles. The van der Waals surface area contributed by atoms with Gasteiger partial charge in [-0.15, -0.1) is 0 Å². The second kappa shape index (κ2) is 6.87. The van der Waals surface area contributed by atoms with Crippen LogP contribution in [0.1, 0.15) is 26.2 Å². The molecule has 1 saturated heterocycles. The molecule has 1 aliphatic carbocycles. The zero-order chi connectivity index (χ0) is 14.7. The van der Waals surface area contributed by atoms with Crippen LogP contribution in [0.2, 0.25) is 0 Å². The molecule has 4 atom stereocenters. The molecule has 20 heavy (non-hydrogen) atoms. The molecule has 1 amide bonds. The molecule has 0 bridgehead atoms. The Morgan fingerprint density at radius 1 is 1.25 bits per heavy atom. The summed E-state index contributed by atoms with van der Waals surface area (Å²) < 4.78 is 0. The molecule has 5 heteroatoms. The molecule has 0 spiro atoms. The predicted molar refractivity (Wildman–Crippen MR) is 81.4 cm³/mol. The third kappa shape index (κ3) is 4.17. The lowest BCUT2D eigenvalue weighted by Crippen LogP contribution is -2.55. The normalized spacial score (nSPS) is 36.8. The number of rotatable bonds is 3. The molecule has 5 nitrogen and oxygen atoms in total. The first-order chi connectivity index (χ1) is 9.45. The van der Waals surface area contributed by atoms with E-state index in [1.807, 2.05) is 0 Å². The fraction of sp³-hybridized carbons (Fsp3) is 0.933. The van der Waals surface area contributed by atoms with Crippen LogP contribution in [-0.2, 0) is 4.79 Å². The second-order valence-corrected chi connectivity index (χ2v) is 6.91. The fourth-order valence-electron chi connectivity index (χ4n) is 3.56. The van der Waals surface area contributed by atoms with E-state index in [0.29, 0.717) is 12.0 Å². The fourth-order valence-corrected chi connectivity index (χ4v) is 3.56. The number of likely N-dealkylation sites (N-methyl/N-ethyl adjacent to an activating group) is 2. The number of nitrogens with one attached hydrogen (secondary N) is 1. The Kier molecular flexibility index (Phi) is 5.41. The van der Waals surface area contributed by atoms with E-state index in [4.69, 9.17) is 5.73 Å². The number of piperazine rings is 1. The Hall–Kier alpha value is -0.650. The number of amides is 1. The summed E-state index contributed by atoms with van der Waals surface area (Å²) in [5.41, 5.74) is 6.04. The van der Waals surface area contributed by atoms with Crippen molar-refractivity contribution in [2.45, 2.75) is 38.3 Å². The maximum Gasteiger partial charge on any atom is 0.223 e. The lowest BCUT2D eigenvalue weighted by molar-refractivity contribution is -0.127. The van der Waals surface area contributed by atoms with E-state index >= 15 is 0 Å². The van der Waals surface area contributed by atoms with Gasteiger partial charge in [0.25, 0.3) is 0 Å². The topological polar surface area (TPSA) is 61.6 Å². The number of hydrogen-bond donors (Lipinski definition) is 2. The molecular formula is C15H30N4O. The molecule has 1 saturated carbocycles. The average Bonchev–Trinajstić information content (AvgIpc) is 2.38. The first-order valence-electron chi connectivity index (χ1n) is 7.87. The van der Waals surface area contributed by atoms with Gasteiger partial charge in [0.1, 0.15) is 0 Å². The van der Waals surface area contributed by atoms with Gasteiger partial charge in [0.2, 0.25) is 5.91 Å². The van der Waals surface area contributed by atoms with Gasteiger partial charge in [-0.05, 0) is 39.3 Å². The quantitative estimate of drug-likeness (QED) is 0.771. The maximum atomic E-state index is 12.3. The minimum Gasteiger partial charge on any atom is -0.354 e. The van der Waals surface area contributed by atoms with Gasteiger partial charge in [-0.3, -0.25) is 9.69 Å². The van der Waals surface area contributed by atoms with E-state index in [1.165, 1.54) is 0 Å². The summed E-state index contributed by atoms with van der Waals surface area (Å²) in [6.45, 7) is 6.15. The standard InChI is InChI=1S/C15H30N4O/c1-11-6-12(8-13(16)7-11)15(20)17-9-14-10-18(2)4-5-19(14)3/h11-14H,4-10,16H2,1-3H3,(H,17,20). The van der Waals surface area contributed by atoms with Gasteiger partial charge in [-0.1, -0.05) is 6.92 Å². The molecule has 3 N–H and O–H groups in total. The van der Waals surface area contributed by atoms with Crippen LogP contribution >= 0.6 is 0 Å². The van der Waals surface area contributed by atoms with E-state index in [2.05, 4.69) is 36.1 Å². The van der Waals surface area contributed by atoms with Crippen LogP contribution in [0.4, 0.5) is 0 Å². The Balaban J connectivity index is 1.79. The number of carbonyl (C=O) groups excluding carboxylic acids is 1. The third-order valence-corrected chi connectivity index (χ3v) is 4.84. The second-order valence-electron chi connectivity index (χ2n) is 6.91. The van der Waals surface area contributed by atoms with Crippen LogP contribution in [0.15, 0.2) is 0 Å². The average molecular weight is 282 g/mol. The summed E-state index contributed by atoms with van der Waals surface area (Å²) in [5, 5.41) is 3.15. The molecule has 1 heterocycles. The minimum absolute atomic E-state index is 0.111. The van der Waals surface area contributed by atoms with Gasteiger partial charge in [-0.2, -0.15) is 0 Å². The summed E-state index contributed by atoms with van der Waals surface area (Å²) >= 11 is 0. The Bertz CT molecular complexity index is 326. The predicted octanol–water partition coefficient (Wildman–Crippen LogP) is 0.112. The molecule has 0 aromatic heterocycles. The Labute approximate surface area is 122 Å². The van der Waals surface area contributed by atoms with Crippen LogP contribution < -0.4 is 11.1 Å². The van der Waals surface area contributed by atoms with E-state index < -0.39 is 0 Å². The number of nitrogens with zero attached hydrogens (tertiary/aromatic N) is 2. The lowest BCUT2D eigenvalue weighted by Gasteiger charge is -2.38. The highest BCUT2D eigenvalue weighted by Crippen LogP contribution is 2.28. The van der Waals surface area contributed by atoms with Gasteiger partial charge in [0.05, 0.1) is 0 Å². The minimum atomic E-state index is 0.111. The highest BCUT2D eigenvalue weighted by molar-refractivity contribution is 5.78. The monoisotopic (exact) mass is 282 g/mol. The van der Waals surface area contributed by atoms with E-state index in [-0.39, 0.29) is 17.9 Å². The molecular weight excluding hydrogens is 252 g/mol. The zero-order valence-electron chi connectivity index (χ0n) is 13.1.